The molecule has 0 bridgehead atoms. The number of aromatic nitrogens is 1. The Morgan fingerprint density at radius 2 is 1.85 bits per heavy atom. The number of hydrogen-bond acceptors (Lipinski definition) is 4. The van der Waals surface area contributed by atoms with E-state index in [0.29, 0.717) is 35.2 Å². The molecule has 180 valence electrons. The van der Waals surface area contributed by atoms with Gasteiger partial charge in [0.25, 0.3) is 0 Å². The van der Waals surface area contributed by atoms with Gasteiger partial charge in [0.15, 0.2) is 0 Å². The number of halogens is 1. The lowest BCUT2D eigenvalue weighted by Crippen LogP contribution is -2.51. The number of likely N-dealkylation sites (tertiary alicyclic amines) is 1. The predicted octanol–water partition coefficient (Wildman–Crippen LogP) is 3.42. The van der Waals surface area contributed by atoms with E-state index in [4.69, 9.17) is 11.6 Å². The highest BCUT2D eigenvalue weighted by molar-refractivity contribution is 7.89. The Bertz CT molecular complexity index is 1300. The van der Waals surface area contributed by atoms with E-state index >= 15 is 0 Å². The average Bonchev–Trinajstić information content (AvgIpc) is 3.31. The van der Waals surface area contributed by atoms with Gasteiger partial charge in [0.2, 0.25) is 15.9 Å². The number of piperidine rings is 1. The molecule has 4 rings (SSSR count). The van der Waals surface area contributed by atoms with Crippen molar-refractivity contribution in [1.82, 2.24) is 14.6 Å². The molecule has 0 saturated carbocycles. The van der Waals surface area contributed by atoms with Crippen LogP contribution in [0.25, 0.3) is 10.9 Å². The van der Waals surface area contributed by atoms with Crippen molar-refractivity contribution in [3.05, 3.63) is 65.3 Å². The van der Waals surface area contributed by atoms with E-state index < -0.39 is 28.0 Å². The van der Waals surface area contributed by atoms with Crippen LogP contribution in [0.1, 0.15) is 24.8 Å². The van der Waals surface area contributed by atoms with Gasteiger partial charge in [0.05, 0.1) is 10.8 Å². The first-order valence-electron chi connectivity index (χ1n) is 11.1. The van der Waals surface area contributed by atoms with Crippen LogP contribution in [0.15, 0.2) is 59.6 Å². The van der Waals surface area contributed by atoms with Gasteiger partial charge in [-0.2, -0.15) is 4.72 Å². The number of carboxylic acids is 1. The highest BCUT2D eigenvalue weighted by atomic mass is 35.5. The summed E-state index contributed by atoms with van der Waals surface area (Å²) in [5.41, 5.74) is 1.50. The van der Waals surface area contributed by atoms with Crippen LogP contribution in [-0.2, 0) is 26.0 Å². The Morgan fingerprint density at radius 1 is 1.12 bits per heavy atom. The first-order valence-corrected chi connectivity index (χ1v) is 13.0. The van der Waals surface area contributed by atoms with Crippen molar-refractivity contribution >= 4 is 44.4 Å². The van der Waals surface area contributed by atoms with Gasteiger partial charge in [-0.15, -0.1) is 0 Å². The highest BCUT2D eigenvalue weighted by Crippen LogP contribution is 2.24. The van der Waals surface area contributed by atoms with E-state index in [1.807, 2.05) is 12.1 Å². The summed E-state index contributed by atoms with van der Waals surface area (Å²) in [6.45, 7) is 0.543. The van der Waals surface area contributed by atoms with Gasteiger partial charge in [-0.25, -0.2) is 8.42 Å². The maximum absolute atomic E-state index is 13.4. The Morgan fingerprint density at radius 3 is 2.56 bits per heavy atom. The monoisotopic (exact) mass is 503 g/mol. The number of carbonyl (C=O) groups excluding carboxylic acids is 1. The van der Waals surface area contributed by atoms with Crippen LogP contribution in [-0.4, -0.2) is 54.4 Å². The maximum atomic E-state index is 13.4. The molecule has 1 aliphatic rings. The predicted molar refractivity (Wildman–Crippen MR) is 129 cm³/mol. The zero-order valence-electron chi connectivity index (χ0n) is 18.4. The molecule has 3 aromatic rings. The van der Waals surface area contributed by atoms with Crippen LogP contribution >= 0.6 is 11.6 Å². The molecule has 10 heteroatoms. The molecule has 1 aromatic heterocycles. The number of sulfonamides is 1. The number of amides is 1. The summed E-state index contributed by atoms with van der Waals surface area (Å²) in [6, 6.07) is 12.8. The number of H-pyrrole nitrogens is 1. The number of rotatable bonds is 8. The normalized spacial score (nSPS) is 16.0. The Hall–Kier alpha value is -2.88. The number of benzene rings is 2. The number of carboxylic acid groups (broad SMARTS) is 1. The standard InChI is InChI=1S/C24H26ClN3O5S/c25-19-5-2-1-4-16(19)8-9-21(23(29)28-14-11-17(12-15-28)24(30)31)27-34(32,33)22-7-3-6-20-18(22)10-13-26-20/h1-7,10,13,17,21,26-27H,8-9,11-12,14-15H2,(H,30,31). The van der Waals surface area contributed by atoms with Crippen molar-refractivity contribution in [1.29, 1.82) is 0 Å². The molecule has 1 unspecified atom stereocenters. The quantitative estimate of drug-likeness (QED) is 0.435. The van der Waals surface area contributed by atoms with Crippen molar-refractivity contribution in [2.45, 2.75) is 36.6 Å². The van der Waals surface area contributed by atoms with E-state index in [1.54, 1.807) is 41.4 Å². The van der Waals surface area contributed by atoms with Crippen LogP contribution in [0.5, 0.6) is 0 Å². The lowest BCUT2D eigenvalue weighted by Gasteiger charge is -2.33. The number of nitrogens with one attached hydrogen (secondary N) is 2. The zero-order chi connectivity index (χ0) is 24.3. The van der Waals surface area contributed by atoms with E-state index in [9.17, 15) is 23.1 Å². The molecular weight excluding hydrogens is 478 g/mol. The summed E-state index contributed by atoms with van der Waals surface area (Å²) < 4.78 is 29.3. The lowest BCUT2D eigenvalue weighted by atomic mass is 9.96. The van der Waals surface area contributed by atoms with E-state index in [2.05, 4.69) is 9.71 Å². The minimum atomic E-state index is -4.02. The smallest absolute Gasteiger partial charge is 0.306 e. The number of fused-ring (bicyclic) bond motifs is 1. The number of carbonyl (C=O) groups is 2. The van der Waals surface area contributed by atoms with E-state index in [0.717, 1.165) is 5.56 Å². The minimum absolute atomic E-state index is 0.0892. The van der Waals surface area contributed by atoms with Crippen LogP contribution in [0.4, 0.5) is 0 Å². The molecule has 8 nitrogen and oxygen atoms in total. The maximum Gasteiger partial charge on any atom is 0.306 e. The van der Waals surface area contributed by atoms with Gasteiger partial charge < -0.3 is 15.0 Å². The van der Waals surface area contributed by atoms with Crippen molar-refractivity contribution < 1.29 is 23.1 Å². The topological polar surface area (TPSA) is 120 Å². The third-order valence-electron chi connectivity index (χ3n) is 6.26. The van der Waals surface area contributed by atoms with Gasteiger partial charge in [0.1, 0.15) is 6.04 Å². The van der Waals surface area contributed by atoms with Gasteiger partial charge in [0, 0.05) is 35.2 Å². The first kappa shape index (κ1) is 24.3. The summed E-state index contributed by atoms with van der Waals surface area (Å²) in [4.78, 5) is 29.3. The Labute approximate surface area is 203 Å². The van der Waals surface area contributed by atoms with Crippen molar-refractivity contribution in [3.8, 4) is 0 Å². The van der Waals surface area contributed by atoms with Crippen molar-refractivity contribution in [2.24, 2.45) is 5.92 Å². The van der Waals surface area contributed by atoms with Gasteiger partial charge in [-0.05, 0) is 55.5 Å². The largest absolute Gasteiger partial charge is 0.481 e. The van der Waals surface area contributed by atoms with Crippen LogP contribution < -0.4 is 4.72 Å². The molecule has 1 fully saturated rings. The van der Waals surface area contributed by atoms with Gasteiger partial charge >= 0.3 is 5.97 Å². The van der Waals surface area contributed by atoms with E-state index in [1.165, 1.54) is 6.07 Å². The molecule has 1 saturated heterocycles. The second kappa shape index (κ2) is 10.2. The van der Waals surface area contributed by atoms with Crippen molar-refractivity contribution in [2.75, 3.05) is 13.1 Å². The summed E-state index contributed by atoms with van der Waals surface area (Å²) in [6.07, 6.45) is 2.96. The minimum Gasteiger partial charge on any atom is -0.481 e. The number of aromatic amines is 1. The molecule has 2 heterocycles. The third-order valence-corrected chi connectivity index (χ3v) is 8.15. The average molecular weight is 504 g/mol. The van der Waals surface area contributed by atoms with Gasteiger partial charge in [-0.3, -0.25) is 9.59 Å². The molecule has 1 aliphatic heterocycles. The molecule has 2 aromatic carbocycles. The summed E-state index contributed by atoms with van der Waals surface area (Å²) in [5.74, 6) is -1.73. The molecular formula is C24H26ClN3O5S. The molecule has 0 aliphatic carbocycles. The van der Waals surface area contributed by atoms with Crippen molar-refractivity contribution in [3.63, 3.8) is 0 Å². The number of nitrogens with zero attached hydrogens (tertiary/aromatic N) is 1. The number of aliphatic carboxylic acids is 1. The summed E-state index contributed by atoms with van der Waals surface area (Å²) >= 11 is 6.27. The van der Waals surface area contributed by atoms with Gasteiger partial charge in [-0.1, -0.05) is 35.9 Å². The molecule has 0 spiro atoms. The van der Waals surface area contributed by atoms with Crippen LogP contribution in [0.2, 0.25) is 5.02 Å². The number of aryl methyl sites for hydroxylation is 1. The van der Waals surface area contributed by atoms with E-state index in [-0.39, 0.29) is 30.3 Å². The highest BCUT2D eigenvalue weighted by Gasteiger charge is 2.33. The second-order valence-electron chi connectivity index (χ2n) is 8.44. The Kier molecular flexibility index (Phi) is 7.25. The molecule has 0 radical (unpaired) electrons. The first-order chi connectivity index (χ1) is 16.3. The fraction of sp³-hybridized carbons (Fsp3) is 0.333. The number of hydrogen-bond donors (Lipinski definition) is 3. The summed E-state index contributed by atoms with van der Waals surface area (Å²) in [7, 11) is -4.02. The second-order valence-corrected chi connectivity index (χ2v) is 10.5. The summed E-state index contributed by atoms with van der Waals surface area (Å²) in [5, 5.41) is 10.3. The SMILES string of the molecule is O=C(O)C1CCN(C(=O)C(CCc2ccccc2Cl)NS(=O)(=O)c2cccc3[nH]ccc23)CC1. The fourth-order valence-corrected chi connectivity index (χ4v) is 6.02. The Balaban J connectivity index is 1.58. The van der Waals surface area contributed by atoms with Crippen LogP contribution in [0, 0.1) is 5.92 Å². The molecule has 1 amide bonds. The lowest BCUT2D eigenvalue weighted by molar-refractivity contribution is -0.146. The third kappa shape index (κ3) is 5.27. The molecule has 1 atom stereocenters. The molecule has 3 N–H and O–H groups in total. The molecule has 34 heavy (non-hydrogen) atoms. The fourth-order valence-electron chi connectivity index (χ4n) is 4.34. The zero-order valence-corrected chi connectivity index (χ0v) is 20.0. The van der Waals surface area contributed by atoms with Crippen LogP contribution in [0.3, 0.4) is 0 Å².